The minimum Gasteiger partial charge on any atom is -0.481 e. The summed E-state index contributed by atoms with van der Waals surface area (Å²) < 4.78 is 18.5. The number of halogens is 1. The number of carboxylic acids is 1. The first-order chi connectivity index (χ1) is 10.9. The van der Waals surface area contributed by atoms with E-state index in [1.54, 1.807) is 31.2 Å². The average molecular weight is 317 g/mol. The fourth-order valence-corrected chi connectivity index (χ4v) is 2.69. The lowest BCUT2D eigenvalue weighted by Gasteiger charge is -2.19. The van der Waals surface area contributed by atoms with Crippen LogP contribution in [0.5, 0.6) is 0 Å². The topological polar surface area (TPSA) is 70.8 Å². The molecule has 1 N–H and O–H groups in total. The van der Waals surface area contributed by atoms with Crippen LogP contribution in [0.25, 0.3) is 11.3 Å². The molecule has 1 aromatic heterocycles. The molecule has 1 atom stereocenters. The third kappa shape index (κ3) is 2.84. The van der Waals surface area contributed by atoms with E-state index in [9.17, 15) is 19.1 Å². The predicted octanol–water partition coefficient (Wildman–Crippen LogP) is 3.02. The molecule has 0 radical (unpaired) electrons. The summed E-state index contributed by atoms with van der Waals surface area (Å²) in [4.78, 5) is 25.2. The highest BCUT2D eigenvalue weighted by atomic mass is 19.1. The fourth-order valence-electron chi connectivity index (χ4n) is 2.69. The van der Waals surface area contributed by atoms with Gasteiger partial charge < -0.3 is 14.4 Å². The number of aliphatic carboxylic acids is 1. The first-order valence-electron chi connectivity index (χ1n) is 7.27. The van der Waals surface area contributed by atoms with Gasteiger partial charge in [-0.3, -0.25) is 9.59 Å². The number of hydrogen-bond acceptors (Lipinski definition) is 3. The molecule has 0 saturated carbocycles. The summed E-state index contributed by atoms with van der Waals surface area (Å²) in [7, 11) is 0. The van der Waals surface area contributed by atoms with Crippen molar-refractivity contribution in [1.82, 2.24) is 4.90 Å². The van der Waals surface area contributed by atoms with E-state index in [0.717, 1.165) is 0 Å². The molecule has 1 aromatic carbocycles. The molecule has 1 amide bonds. The van der Waals surface area contributed by atoms with Gasteiger partial charge in [-0.15, -0.1) is 0 Å². The van der Waals surface area contributed by atoms with Gasteiger partial charge in [0.1, 0.15) is 11.6 Å². The molecule has 3 rings (SSSR count). The lowest BCUT2D eigenvalue weighted by Crippen LogP contribution is -2.34. The van der Waals surface area contributed by atoms with E-state index in [1.165, 1.54) is 17.0 Å². The lowest BCUT2D eigenvalue weighted by molar-refractivity contribution is -0.147. The Balaban J connectivity index is 1.77. The van der Waals surface area contributed by atoms with Gasteiger partial charge in [0.05, 0.1) is 5.41 Å². The number of carbonyl (C=O) groups excluding carboxylic acids is 1. The van der Waals surface area contributed by atoms with Gasteiger partial charge in [-0.05, 0) is 49.7 Å². The highest BCUT2D eigenvalue weighted by Gasteiger charge is 2.42. The van der Waals surface area contributed by atoms with Gasteiger partial charge in [0, 0.05) is 18.7 Å². The second kappa shape index (κ2) is 5.53. The summed E-state index contributed by atoms with van der Waals surface area (Å²) in [5, 5.41) is 9.23. The summed E-state index contributed by atoms with van der Waals surface area (Å²) >= 11 is 0. The van der Waals surface area contributed by atoms with Crippen LogP contribution >= 0.6 is 0 Å². The SMILES string of the molecule is CC1(C(=O)O)CCN(C(=O)c2ccc(-c3ccc(F)cc3)o2)C1. The standard InChI is InChI=1S/C17H16FNO4/c1-17(16(21)22)8-9-19(10-17)15(20)14-7-6-13(23-14)11-2-4-12(18)5-3-11/h2-7H,8-10H2,1H3,(H,21,22). The molecule has 1 aliphatic heterocycles. The third-order valence-corrected chi connectivity index (χ3v) is 4.22. The van der Waals surface area contributed by atoms with Gasteiger partial charge >= 0.3 is 5.97 Å². The maximum atomic E-state index is 12.9. The fraction of sp³-hybridized carbons (Fsp3) is 0.294. The number of amides is 1. The van der Waals surface area contributed by atoms with Crippen molar-refractivity contribution < 1.29 is 23.5 Å². The summed E-state index contributed by atoms with van der Waals surface area (Å²) in [5.41, 5.74) is -0.246. The number of carboxylic acid groups (broad SMARTS) is 1. The maximum Gasteiger partial charge on any atom is 0.311 e. The number of hydrogen-bond donors (Lipinski definition) is 1. The zero-order chi connectivity index (χ0) is 16.6. The number of carbonyl (C=O) groups is 2. The number of rotatable bonds is 3. The van der Waals surface area contributed by atoms with Crippen molar-refractivity contribution in [3.05, 3.63) is 48.0 Å². The summed E-state index contributed by atoms with van der Waals surface area (Å²) in [6.45, 7) is 2.18. The van der Waals surface area contributed by atoms with Crippen molar-refractivity contribution in [2.45, 2.75) is 13.3 Å². The van der Waals surface area contributed by atoms with Gasteiger partial charge in [-0.2, -0.15) is 0 Å². The molecule has 5 nitrogen and oxygen atoms in total. The Hall–Kier alpha value is -2.63. The zero-order valence-electron chi connectivity index (χ0n) is 12.6. The summed E-state index contributed by atoms with van der Waals surface area (Å²) in [6, 6.07) is 8.97. The number of furan rings is 1. The quantitative estimate of drug-likeness (QED) is 0.944. The first kappa shape index (κ1) is 15.3. The molecule has 6 heteroatoms. The van der Waals surface area contributed by atoms with Crippen LogP contribution < -0.4 is 0 Å². The normalized spacial score (nSPS) is 20.7. The van der Waals surface area contributed by atoms with E-state index in [-0.39, 0.29) is 24.0 Å². The van der Waals surface area contributed by atoms with Crippen LogP contribution in [0, 0.1) is 11.2 Å². The molecule has 2 aromatic rings. The maximum absolute atomic E-state index is 12.9. The van der Waals surface area contributed by atoms with E-state index in [2.05, 4.69) is 0 Å². The van der Waals surface area contributed by atoms with Crippen LogP contribution in [0.15, 0.2) is 40.8 Å². The van der Waals surface area contributed by atoms with Crippen molar-refractivity contribution in [3.63, 3.8) is 0 Å². The average Bonchev–Trinajstić information content (AvgIpc) is 3.15. The van der Waals surface area contributed by atoms with Crippen molar-refractivity contribution in [1.29, 1.82) is 0 Å². The first-order valence-corrected chi connectivity index (χ1v) is 7.27. The van der Waals surface area contributed by atoms with Gasteiger partial charge in [-0.25, -0.2) is 4.39 Å². The zero-order valence-corrected chi connectivity index (χ0v) is 12.6. The highest BCUT2D eigenvalue weighted by molar-refractivity contribution is 5.93. The van der Waals surface area contributed by atoms with Crippen molar-refractivity contribution >= 4 is 11.9 Å². The van der Waals surface area contributed by atoms with E-state index >= 15 is 0 Å². The van der Waals surface area contributed by atoms with Crippen molar-refractivity contribution in [2.75, 3.05) is 13.1 Å². The van der Waals surface area contributed by atoms with Gasteiger partial charge in [-0.1, -0.05) is 0 Å². The number of nitrogens with zero attached hydrogens (tertiary/aromatic N) is 1. The number of benzene rings is 1. The van der Waals surface area contributed by atoms with E-state index in [4.69, 9.17) is 4.42 Å². The smallest absolute Gasteiger partial charge is 0.311 e. The Bertz CT molecular complexity index is 752. The van der Waals surface area contributed by atoms with Crippen LogP contribution in [-0.2, 0) is 4.79 Å². The molecule has 1 unspecified atom stereocenters. The highest BCUT2D eigenvalue weighted by Crippen LogP contribution is 2.32. The van der Waals surface area contributed by atoms with Gasteiger partial charge in [0.25, 0.3) is 5.91 Å². The van der Waals surface area contributed by atoms with E-state index < -0.39 is 11.4 Å². The van der Waals surface area contributed by atoms with Crippen LogP contribution in [0.2, 0.25) is 0 Å². The molecule has 2 heterocycles. The van der Waals surface area contributed by atoms with Crippen LogP contribution in [-0.4, -0.2) is 35.0 Å². The molecular formula is C17H16FNO4. The minimum atomic E-state index is -0.915. The largest absolute Gasteiger partial charge is 0.481 e. The second-order valence-corrected chi connectivity index (χ2v) is 6.01. The Morgan fingerprint density at radius 2 is 1.91 bits per heavy atom. The van der Waals surface area contributed by atoms with Crippen molar-refractivity contribution in [2.24, 2.45) is 5.41 Å². The summed E-state index contributed by atoms with van der Waals surface area (Å²) in [5.74, 6) is -0.961. The molecule has 1 fully saturated rings. The molecule has 120 valence electrons. The molecule has 0 bridgehead atoms. The van der Waals surface area contributed by atoms with Crippen molar-refractivity contribution in [3.8, 4) is 11.3 Å². The van der Waals surface area contributed by atoms with E-state index in [1.807, 2.05) is 0 Å². The Morgan fingerprint density at radius 1 is 1.22 bits per heavy atom. The second-order valence-electron chi connectivity index (χ2n) is 6.01. The van der Waals surface area contributed by atoms with Crippen LogP contribution in [0.4, 0.5) is 4.39 Å². The third-order valence-electron chi connectivity index (χ3n) is 4.22. The Kier molecular flexibility index (Phi) is 3.67. The predicted molar refractivity (Wildman–Crippen MR) is 80.4 cm³/mol. The molecular weight excluding hydrogens is 301 g/mol. The van der Waals surface area contributed by atoms with Gasteiger partial charge in [0.2, 0.25) is 0 Å². The number of likely N-dealkylation sites (tertiary alicyclic amines) is 1. The minimum absolute atomic E-state index is 0.152. The summed E-state index contributed by atoms with van der Waals surface area (Å²) in [6.07, 6.45) is 0.416. The molecule has 1 aliphatic rings. The van der Waals surface area contributed by atoms with E-state index in [0.29, 0.717) is 24.3 Å². The molecule has 0 spiro atoms. The van der Waals surface area contributed by atoms with Crippen LogP contribution in [0.1, 0.15) is 23.9 Å². The lowest BCUT2D eigenvalue weighted by atomic mass is 9.90. The monoisotopic (exact) mass is 317 g/mol. The Morgan fingerprint density at radius 3 is 2.52 bits per heavy atom. The molecule has 1 saturated heterocycles. The van der Waals surface area contributed by atoms with Crippen LogP contribution in [0.3, 0.4) is 0 Å². The molecule has 23 heavy (non-hydrogen) atoms. The van der Waals surface area contributed by atoms with Gasteiger partial charge in [0.15, 0.2) is 5.76 Å². The molecule has 0 aliphatic carbocycles. The Labute approximate surface area is 132 Å².